The molecule has 0 aliphatic heterocycles. The van der Waals surface area contributed by atoms with Crippen molar-refractivity contribution < 1.29 is 22.3 Å². The first-order valence-electron chi connectivity index (χ1n) is 7.97. The van der Waals surface area contributed by atoms with Crippen molar-refractivity contribution >= 4 is 28.4 Å². The molecule has 2 aromatic rings. The fraction of sp³-hybridized carbons (Fsp3) is 0.158. The van der Waals surface area contributed by atoms with Crippen LogP contribution in [0.5, 0.6) is 0 Å². The number of hydrogen-bond acceptors (Lipinski definition) is 5. The van der Waals surface area contributed by atoms with Crippen LogP contribution in [0.25, 0.3) is 6.08 Å². The molecule has 1 aliphatic rings. The fourth-order valence-corrected chi connectivity index (χ4v) is 3.58. The van der Waals surface area contributed by atoms with Crippen LogP contribution in [0.3, 0.4) is 0 Å². The van der Waals surface area contributed by atoms with Crippen molar-refractivity contribution in [3.05, 3.63) is 70.8 Å². The maximum Gasteiger partial charge on any atom is 0.317 e. The quantitative estimate of drug-likeness (QED) is 0.645. The minimum absolute atomic E-state index is 0.0628. The van der Waals surface area contributed by atoms with Crippen molar-refractivity contribution in [1.29, 1.82) is 0 Å². The van der Waals surface area contributed by atoms with Crippen LogP contribution in [0.1, 0.15) is 39.4 Å². The smallest absolute Gasteiger partial charge is 0.303 e. The van der Waals surface area contributed by atoms with Gasteiger partial charge in [0, 0.05) is 11.5 Å². The van der Waals surface area contributed by atoms with E-state index in [4.69, 9.17) is 4.28 Å². The predicted octanol–water partition coefficient (Wildman–Crippen LogP) is 2.74. The summed E-state index contributed by atoms with van der Waals surface area (Å²) in [6.07, 6.45) is 4.96. The van der Waals surface area contributed by atoms with Crippen LogP contribution in [-0.2, 0) is 19.2 Å². The second kappa shape index (κ2) is 7.23. The van der Waals surface area contributed by atoms with E-state index in [0.717, 1.165) is 17.4 Å². The van der Waals surface area contributed by atoms with Gasteiger partial charge in [0.1, 0.15) is 6.29 Å². The minimum atomic E-state index is -4.14. The third-order valence-electron chi connectivity index (χ3n) is 4.16. The highest BCUT2D eigenvalue weighted by molar-refractivity contribution is 7.86. The molecule has 1 N–H and O–H groups in total. The molecule has 0 radical (unpaired) electrons. The van der Waals surface area contributed by atoms with Crippen LogP contribution in [-0.4, -0.2) is 20.6 Å². The number of allylic oxidation sites excluding steroid dienone is 1. The largest absolute Gasteiger partial charge is 0.317 e. The average Bonchev–Trinajstić information content (AvgIpc) is 2.65. The second-order valence-corrected chi connectivity index (χ2v) is 7.52. The number of rotatable bonds is 5. The molecular weight excluding hydrogens is 354 g/mol. The Morgan fingerprint density at radius 3 is 2.62 bits per heavy atom. The summed E-state index contributed by atoms with van der Waals surface area (Å²) >= 11 is 0. The Labute approximate surface area is 151 Å². The number of hydrogen-bond donors (Lipinski definition) is 1. The number of carbonyl (C=O) groups excluding carboxylic acids is 2. The van der Waals surface area contributed by atoms with E-state index in [0.29, 0.717) is 12.0 Å². The topological polar surface area (TPSA) is 89.5 Å². The summed E-state index contributed by atoms with van der Waals surface area (Å²) in [5, 5.41) is 0. The SMILES string of the molecule is Cc1ccc(S(=O)(=O)ONC(=O)c2cccc3c2C(C=O)CC=C3)cc1. The Balaban J connectivity index is 1.82. The highest BCUT2D eigenvalue weighted by Crippen LogP contribution is 2.31. The Bertz CT molecular complexity index is 977. The lowest BCUT2D eigenvalue weighted by atomic mass is 9.84. The van der Waals surface area contributed by atoms with Gasteiger partial charge in [-0.15, -0.1) is 4.28 Å². The zero-order chi connectivity index (χ0) is 18.7. The fourth-order valence-electron chi connectivity index (χ4n) is 2.82. The molecule has 1 unspecified atom stereocenters. The first-order chi connectivity index (χ1) is 12.4. The van der Waals surface area contributed by atoms with E-state index in [-0.39, 0.29) is 10.5 Å². The van der Waals surface area contributed by atoms with Gasteiger partial charge in [-0.3, -0.25) is 4.79 Å². The lowest BCUT2D eigenvalue weighted by molar-refractivity contribution is -0.109. The molecule has 1 atom stereocenters. The van der Waals surface area contributed by atoms with Crippen LogP contribution < -0.4 is 5.48 Å². The summed E-state index contributed by atoms with van der Waals surface area (Å²) in [4.78, 5) is 23.7. The molecule has 0 saturated heterocycles. The number of carbonyl (C=O) groups is 2. The van der Waals surface area contributed by atoms with Gasteiger partial charge in [0.2, 0.25) is 0 Å². The zero-order valence-corrected chi connectivity index (χ0v) is 14.8. The third kappa shape index (κ3) is 3.58. The maximum absolute atomic E-state index is 12.5. The van der Waals surface area contributed by atoms with E-state index in [9.17, 15) is 18.0 Å². The van der Waals surface area contributed by atoms with Gasteiger partial charge in [-0.25, -0.2) is 5.48 Å². The summed E-state index contributed by atoms with van der Waals surface area (Å²) in [6, 6.07) is 11.1. The Morgan fingerprint density at radius 2 is 1.92 bits per heavy atom. The van der Waals surface area contributed by atoms with Crippen molar-refractivity contribution in [2.75, 3.05) is 0 Å². The molecule has 6 nitrogen and oxygen atoms in total. The molecule has 0 heterocycles. The van der Waals surface area contributed by atoms with E-state index < -0.39 is 21.9 Å². The van der Waals surface area contributed by atoms with Gasteiger partial charge in [-0.1, -0.05) is 42.0 Å². The van der Waals surface area contributed by atoms with Crippen LogP contribution in [0, 0.1) is 6.92 Å². The van der Waals surface area contributed by atoms with Gasteiger partial charge in [-0.2, -0.15) is 8.42 Å². The van der Waals surface area contributed by atoms with Crippen molar-refractivity contribution in [1.82, 2.24) is 5.48 Å². The molecule has 0 bridgehead atoms. The van der Waals surface area contributed by atoms with Gasteiger partial charge in [0.25, 0.3) is 5.91 Å². The normalized spacial score (nSPS) is 16.0. The average molecular weight is 371 g/mol. The molecular formula is C19H17NO5S. The summed E-state index contributed by atoms with van der Waals surface area (Å²) in [5.41, 5.74) is 4.41. The second-order valence-electron chi connectivity index (χ2n) is 5.97. The van der Waals surface area contributed by atoms with Gasteiger partial charge >= 0.3 is 10.1 Å². The number of nitrogens with one attached hydrogen (secondary N) is 1. The molecule has 134 valence electrons. The van der Waals surface area contributed by atoms with E-state index in [1.807, 2.05) is 24.6 Å². The van der Waals surface area contributed by atoms with Crippen molar-refractivity contribution in [3.63, 3.8) is 0 Å². The van der Waals surface area contributed by atoms with Gasteiger partial charge in [0.05, 0.1) is 4.90 Å². The molecule has 7 heteroatoms. The number of amides is 1. The first-order valence-corrected chi connectivity index (χ1v) is 9.38. The Morgan fingerprint density at radius 1 is 1.19 bits per heavy atom. The summed E-state index contributed by atoms with van der Waals surface area (Å²) < 4.78 is 29.1. The number of benzene rings is 2. The van der Waals surface area contributed by atoms with Crippen molar-refractivity contribution in [2.45, 2.75) is 24.2 Å². The van der Waals surface area contributed by atoms with Crippen molar-refractivity contribution in [3.8, 4) is 0 Å². The highest BCUT2D eigenvalue weighted by atomic mass is 32.2. The summed E-state index contributed by atoms with van der Waals surface area (Å²) in [5.74, 6) is -1.18. The predicted molar refractivity (Wildman–Crippen MR) is 95.8 cm³/mol. The van der Waals surface area contributed by atoms with Crippen LogP contribution in [0.2, 0.25) is 0 Å². The lowest BCUT2D eigenvalue weighted by Gasteiger charge is -2.20. The van der Waals surface area contributed by atoms with Gasteiger partial charge in [0.15, 0.2) is 0 Å². The van der Waals surface area contributed by atoms with E-state index in [2.05, 4.69) is 0 Å². The van der Waals surface area contributed by atoms with E-state index in [1.165, 1.54) is 18.2 Å². The number of hydroxylamine groups is 1. The Kier molecular flexibility index (Phi) is 5.01. The monoisotopic (exact) mass is 371 g/mol. The molecule has 26 heavy (non-hydrogen) atoms. The minimum Gasteiger partial charge on any atom is -0.303 e. The standard InChI is InChI=1S/C19H17NO5S/c1-13-8-10-16(11-9-13)26(23,24)25-20-19(22)17-7-3-5-14-4-2-6-15(12-21)18(14)17/h2-5,7-12,15H,6H2,1H3,(H,20,22). The molecule has 0 aromatic heterocycles. The molecule has 1 aliphatic carbocycles. The van der Waals surface area contributed by atoms with E-state index >= 15 is 0 Å². The summed E-state index contributed by atoms with van der Waals surface area (Å²) in [6.45, 7) is 1.83. The highest BCUT2D eigenvalue weighted by Gasteiger charge is 2.24. The number of aryl methyl sites for hydroxylation is 1. The molecule has 1 amide bonds. The first kappa shape index (κ1) is 18.0. The molecule has 2 aromatic carbocycles. The van der Waals surface area contributed by atoms with Gasteiger partial charge in [-0.05, 0) is 42.7 Å². The maximum atomic E-state index is 12.5. The van der Waals surface area contributed by atoms with Crippen LogP contribution >= 0.6 is 0 Å². The van der Waals surface area contributed by atoms with E-state index in [1.54, 1.807) is 24.3 Å². The number of fused-ring (bicyclic) bond motifs is 1. The molecule has 0 saturated carbocycles. The Hall–Kier alpha value is -2.77. The van der Waals surface area contributed by atoms with Crippen LogP contribution in [0.4, 0.5) is 0 Å². The molecule has 0 spiro atoms. The van der Waals surface area contributed by atoms with Crippen molar-refractivity contribution in [2.24, 2.45) is 0 Å². The molecule has 0 fully saturated rings. The zero-order valence-electron chi connectivity index (χ0n) is 14.0. The lowest BCUT2D eigenvalue weighted by Crippen LogP contribution is -2.29. The molecule has 3 rings (SSSR count). The van der Waals surface area contributed by atoms with Gasteiger partial charge < -0.3 is 4.79 Å². The summed E-state index contributed by atoms with van der Waals surface area (Å²) in [7, 11) is -4.14. The third-order valence-corrected chi connectivity index (χ3v) is 5.31. The number of aldehydes is 1. The van der Waals surface area contributed by atoms with Crippen LogP contribution in [0.15, 0.2) is 53.4 Å².